The van der Waals surface area contributed by atoms with E-state index in [9.17, 15) is 4.79 Å². The second-order valence-corrected chi connectivity index (χ2v) is 2.66. The summed E-state index contributed by atoms with van der Waals surface area (Å²) in [4.78, 5) is 11.1. The zero-order valence-corrected chi connectivity index (χ0v) is 7.08. The largest absolute Gasteiger partial charge is 0.392 e. The summed E-state index contributed by atoms with van der Waals surface area (Å²) in [6.45, 7) is 1.76. The van der Waals surface area contributed by atoms with Crippen molar-refractivity contribution in [1.29, 1.82) is 0 Å². The van der Waals surface area contributed by atoms with Gasteiger partial charge in [-0.15, -0.1) is 0 Å². The van der Waals surface area contributed by atoms with E-state index in [0.29, 0.717) is 12.0 Å². The lowest BCUT2D eigenvalue weighted by Gasteiger charge is -2.07. The fraction of sp³-hybridized carbons (Fsp3) is 0.300. The second-order valence-electron chi connectivity index (χ2n) is 2.66. The highest BCUT2D eigenvalue weighted by molar-refractivity contribution is 5.98. The SMILES string of the molecule is C/C=C/C1=CCC(=O)C(CO)=C1. The highest BCUT2D eigenvalue weighted by Gasteiger charge is 2.11. The van der Waals surface area contributed by atoms with Gasteiger partial charge >= 0.3 is 0 Å². The van der Waals surface area contributed by atoms with Crippen molar-refractivity contribution in [3.05, 3.63) is 35.5 Å². The Hall–Kier alpha value is -1.15. The Labute approximate surface area is 71.9 Å². The summed E-state index contributed by atoms with van der Waals surface area (Å²) in [5, 5.41) is 8.81. The highest BCUT2D eigenvalue weighted by Crippen LogP contribution is 2.14. The molecule has 2 nitrogen and oxygen atoms in total. The smallest absolute Gasteiger partial charge is 0.164 e. The Bertz CT molecular complexity index is 270. The fourth-order valence-corrected chi connectivity index (χ4v) is 1.12. The first-order chi connectivity index (χ1) is 5.77. The van der Waals surface area contributed by atoms with Crippen LogP contribution in [0.2, 0.25) is 0 Å². The van der Waals surface area contributed by atoms with Crippen molar-refractivity contribution in [2.45, 2.75) is 13.3 Å². The van der Waals surface area contributed by atoms with E-state index in [1.165, 1.54) is 0 Å². The number of hydrogen-bond acceptors (Lipinski definition) is 2. The molecular weight excluding hydrogens is 152 g/mol. The van der Waals surface area contributed by atoms with Crippen LogP contribution in [-0.4, -0.2) is 17.5 Å². The molecule has 0 saturated carbocycles. The zero-order valence-electron chi connectivity index (χ0n) is 7.08. The molecule has 1 aliphatic rings. The zero-order chi connectivity index (χ0) is 8.97. The van der Waals surface area contributed by atoms with Gasteiger partial charge in [-0.05, 0) is 18.6 Å². The van der Waals surface area contributed by atoms with E-state index in [-0.39, 0.29) is 12.4 Å². The molecule has 0 amide bonds. The molecule has 0 aromatic rings. The van der Waals surface area contributed by atoms with E-state index < -0.39 is 0 Å². The number of ketones is 1. The summed E-state index contributed by atoms with van der Waals surface area (Å²) < 4.78 is 0. The molecule has 1 rings (SSSR count). The molecule has 0 fully saturated rings. The average Bonchev–Trinajstić information content (AvgIpc) is 2.09. The average molecular weight is 164 g/mol. The normalized spacial score (nSPS) is 18.0. The molecule has 0 aromatic carbocycles. The molecule has 0 bridgehead atoms. The number of Topliss-reactive ketones (excluding diaryl/α,β-unsaturated/α-hetero) is 1. The molecule has 0 atom stereocenters. The van der Waals surface area contributed by atoms with Crippen LogP contribution in [0.5, 0.6) is 0 Å². The molecule has 0 aromatic heterocycles. The minimum atomic E-state index is -0.159. The second kappa shape index (κ2) is 4.02. The molecule has 0 saturated heterocycles. The summed E-state index contributed by atoms with van der Waals surface area (Å²) in [5.74, 6) is 0.0192. The molecular formula is C10H12O2. The Morgan fingerprint density at radius 3 is 3.00 bits per heavy atom. The van der Waals surface area contributed by atoms with Crippen LogP contribution in [0.25, 0.3) is 0 Å². The molecule has 2 heteroatoms. The van der Waals surface area contributed by atoms with E-state index in [4.69, 9.17) is 5.11 Å². The van der Waals surface area contributed by atoms with Crippen LogP contribution < -0.4 is 0 Å². The van der Waals surface area contributed by atoms with Gasteiger partial charge in [0.2, 0.25) is 0 Å². The van der Waals surface area contributed by atoms with Gasteiger partial charge in [0, 0.05) is 12.0 Å². The van der Waals surface area contributed by atoms with Gasteiger partial charge in [-0.1, -0.05) is 18.2 Å². The summed E-state index contributed by atoms with van der Waals surface area (Å²) >= 11 is 0. The van der Waals surface area contributed by atoms with Gasteiger partial charge in [0.1, 0.15) is 0 Å². The molecule has 0 heterocycles. The third-order valence-corrected chi connectivity index (χ3v) is 1.75. The third-order valence-electron chi connectivity index (χ3n) is 1.75. The van der Waals surface area contributed by atoms with Gasteiger partial charge in [-0.25, -0.2) is 0 Å². The van der Waals surface area contributed by atoms with Gasteiger partial charge < -0.3 is 5.11 Å². The van der Waals surface area contributed by atoms with Crippen molar-refractivity contribution >= 4 is 5.78 Å². The quantitative estimate of drug-likeness (QED) is 0.669. The molecule has 0 aliphatic heterocycles. The van der Waals surface area contributed by atoms with Crippen molar-refractivity contribution in [3.63, 3.8) is 0 Å². The monoisotopic (exact) mass is 164 g/mol. The van der Waals surface area contributed by atoms with Crippen LogP contribution in [0.4, 0.5) is 0 Å². The molecule has 0 spiro atoms. The van der Waals surface area contributed by atoms with Crippen molar-refractivity contribution in [3.8, 4) is 0 Å². The van der Waals surface area contributed by atoms with E-state index >= 15 is 0 Å². The van der Waals surface area contributed by atoms with Gasteiger partial charge in [0.15, 0.2) is 5.78 Å². The summed E-state index contributed by atoms with van der Waals surface area (Å²) in [5.41, 5.74) is 1.51. The molecule has 0 radical (unpaired) electrons. The number of aliphatic hydroxyl groups is 1. The third kappa shape index (κ3) is 1.92. The van der Waals surface area contributed by atoms with Crippen molar-refractivity contribution < 1.29 is 9.90 Å². The number of rotatable bonds is 2. The first-order valence-electron chi connectivity index (χ1n) is 3.95. The minimum absolute atomic E-state index is 0.0192. The Kier molecular flexibility index (Phi) is 3.00. The van der Waals surface area contributed by atoms with Crippen LogP contribution >= 0.6 is 0 Å². The van der Waals surface area contributed by atoms with E-state index in [2.05, 4.69) is 0 Å². The lowest BCUT2D eigenvalue weighted by molar-refractivity contribution is -0.115. The first kappa shape index (κ1) is 8.94. The molecule has 12 heavy (non-hydrogen) atoms. The van der Waals surface area contributed by atoms with Crippen molar-refractivity contribution in [1.82, 2.24) is 0 Å². The number of carbonyl (C=O) groups excluding carboxylic acids is 1. The van der Waals surface area contributed by atoms with Gasteiger partial charge in [-0.3, -0.25) is 4.79 Å². The number of hydrogen-bond donors (Lipinski definition) is 1. The van der Waals surface area contributed by atoms with Gasteiger partial charge in [0.05, 0.1) is 6.61 Å². The minimum Gasteiger partial charge on any atom is -0.392 e. The number of aliphatic hydroxyl groups excluding tert-OH is 1. The van der Waals surface area contributed by atoms with Gasteiger partial charge in [-0.2, -0.15) is 0 Å². The predicted octanol–water partition coefficient (Wildman–Crippen LogP) is 1.38. The van der Waals surface area contributed by atoms with Crippen LogP contribution in [0.3, 0.4) is 0 Å². The standard InChI is InChI=1S/C10H12O2/c1-2-3-8-4-5-10(12)9(6-8)7-11/h2-4,6,11H,5,7H2,1H3/b3-2+. The fourth-order valence-electron chi connectivity index (χ4n) is 1.12. The Balaban J connectivity index is 2.84. The lowest BCUT2D eigenvalue weighted by Crippen LogP contribution is -2.08. The maximum atomic E-state index is 11.1. The predicted molar refractivity (Wildman–Crippen MR) is 47.7 cm³/mol. The molecule has 64 valence electrons. The van der Waals surface area contributed by atoms with Crippen LogP contribution in [-0.2, 0) is 4.79 Å². The topological polar surface area (TPSA) is 37.3 Å². The van der Waals surface area contributed by atoms with Crippen LogP contribution in [0.1, 0.15) is 13.3 Å². The van der Waals surface area contributed by atoms with Crippen molar-refractivity contribution in [2.24, 2.45) is 0 Å². The van der Waals surface area contributed by atoms with E-state index in [1.54, 1.807) is 6.08 Å². The van der Waals surface area contributed by atoms with Crippen LogP contribution in [0.15, 0.2) is 35.5 Å². The van der Waals surface area contributed by atoms with E-state index in [1.807, 2.05) is 25.2 Å². The summed E-state index contributed by atoms with van der Waals surface area (Å²) in [7, 11) is 0. The van der Waals surface area contributed by atoms with Crippen molar-refractivity contribution in [2.75, 3.05) is 6.61 Å². The number of allylic oxidation sites excluding steroid dienone is 5. The number of carbonyl (C=O) groups is 1. The Morgan fingerprint density at radius 1 is 1.67 bits per heavy atom. The molecule has 1 N–H and O–H groups in total. The molecule has 1 aliphatic carbocycles. The van der Waals surface area contributed by atoms with Crippen LogP contribution in [0, 0.1) is 0 Å². The maximum Gasteiger partial charge on any atom is 0.164 e. The summed E-state index contributed by atoms with van der Waals surface area (Å²) in [6, 6.07) is 0. The highest BCUT2D eigenvalue weighted by atomic mass is 16.3. The summed E-state index contributed by atoms with van der Waals surface area (Å²) in [6.07, 6.45) is 7.83. The van der Waals surface area contributed by atoms with Gasteiger partial charge in [0.25, 0.3) is 0 Å². The van der Waals surface area contributed by atoms with E-state index in [0.717, 1.165) is 5.57 Å². The first-order valence-corrected chi connectivity index (χ1v) is 3.95. The Morgan fingerprint density at radius 2 is 2.42 bits per heavy atom. The molecule has 0 unspecified atom stereocenters. The maximum absolute atomic E-state index is 11.1. The lowest BCUT2D eigenvalue weighted by atomic mass is 9.98.